The lowest BCUT2D eigenvalue weighted by Crippen LogP contribution is -2.27. The third kappa shape index (κ3) is 3.79. The molecule has 0 saturated carbocycles. The number of ether oxygens (including phenoxy) is 1. The van der Waals surface area contributed by atoms with Gasteiger partial charge in [-0.15, -0.1) is 0 Å². The van der Waals surface area contributed by atoms with Crippen molar-refractivity contribution in [1.29, 1.82) is 0 Å². The van der Waals surface area contributed by atoms with Gasteiger partial charge in [0.25, 0.3) is 5.91 Å². The van der Waals surface area contributed by atoms with E-state index in [0.29, 0.717) is 40.7 Å². The SMILES string of the molecule is CCOC(=O)c1c(C)[nH]c(C(=O)N(C)Cc2cccc(Cl)c2)c1C. The lowest BCUT2D eigenvalue weighted by molar-refractivity contribution is 0.0525. The molecular weight excluding hydrogens is 328 g/mol. The van der Waals surface area contributed by atoms with Gasteiger partial charge >= 0.3 is 5.97 Å². The van der Waals surface area contributed by atoms with Crippen molar-refractivity contribution in [2.45, 2.75) is 27.3 Å². The van der Waals surface area contributed by atoms with Crippen LogP contribution in [-0.4, -0.2) is 35.4 Å². The van der Waals surface area contributed by atoms with Gasteiger partial charge in [-0.2, -0.15) is 0 Å². The predicted octanol–water partition coefficient (Wildman–Crippen LogP) is 3.73. The van der Waals surface area contributed by atoms with Crippen molar-refractivity contribution >= 4 is 23.5 Å². The molecule has 1 N–H and O–H groups in total. The molecule has 1 aromatic heterocycles. The number of carbonyl (C=O) groups excluding carboxylic acids is 2. The zero-order chi connectivity index (χ0) is 17.9. The monoisotopic (exact) mass is 348 g/mol. The highest BCUT2D eigenvalue weighted by molar-refractivity contribution is 6.30. The van der Waals surface area contributed by atoms with E-state index in [0.717, 1.165) is 5.56 Å². The lowest BCUT2D eigenvalue weighted by Gasteiger charge is -2.17. The molecule has 5 nitrogen and oxygen atoms in total. The molecule has 2 aromatic rings. The summed E-state index contributed by atoms with van der Waals surface area (Å²) >= 11 is 5.98. The minimum absolute atomic E-state index is 0.189. The fourth-order valence-electron chi connectivity index (χ4n) is 2.65. The number of nitrogens with zero attached hydrogens (tertiary/aromatic N) is 1. The number of nitrogens with one attached hydrogen (secondary N) is 1. The molecular formula is C18H21ClN2O3. The number of aromatic amines is 1. The number of hydrogen-bond donors (Lipinski definition) is 1. The second-order valence-electron chi connectivity index (χ2n) is 5.64. The van der Waals surface area contributed by atoms with Crippen LogP contribution in [0, 0.1) is 13.8 Å². The van der Waals surface area contributed by atoms with Crippen molar-refractivity contribution in [3.05, 3.63) is 57.4 Å². The maximum Gasteiger partial charge on any atom is 0.340 e. The second kappa shape index (κ2) is 7.53. The molecule has 0 atom stereocenters. The number of H-pyrrole nitrogens is 1. The summed E-state index contributed by atoms with van der Waals surface area (Å²) in [4.78, 5) is 29.3. The van der Waals surface area contributed by atoms with Gasteiger partial charge in [0, 0.05) is 24.3 Å². The van der Waals surface area contributed by atoms with Crippen molar-refractivity contribution in [1.82, 2.24) is 9.88 Å². The molecule has 0 bridgehead atoms. The minimum atomic E-state index is -0.416. The van der Waals surface area contributed by atoms with Crippen LogP contribution in [0.4, 0.5) is 0 Å². The topological polar surface area (TPSA) is 62.4 Å². The Labute approximate surface area is 146 Å². The van der Waals surface area contributed by atoms with Crippen molar-refractivity contribution in [3.63, 3.8) is 0 Å². The molecule has 24 heavy (non-hydrogen) atoms. The minimum Gasteiger partial charge on any atom is -0.462 e. The average Bonchev–Trinajstić information content (AvgIpc) is 2.81. The van der Waals surface area contributed by atoms with E-state index < -0.39 is 5.97 Å². The molecule has 1 aromatic carbocycles. The summed E-state index contributed by atoms with van der Waals surface area (Å²) < 4.78 is 5.05. The highest BCUT2D eigenvalue weighted by atomic mass is 35.5. The lowest BCUT2D eigenvalue weighted by atomic mass is 10.1. The van der Waals surface area contributed by atoms with Gasteiger partial charge in [0.15, 0.2) is 0 Å². The van der Waals surface area contributed by atoms with Crippen LogP contribution in [0.2, 0.25) is 5.02 Å². The van der Waals surface area contributed by atoms with E-state index in [4.69, 9.17) is 16.3 Å². The Morgan fingerprint density at radius 1 is 1.29 bits per heavy atom. The van der Waals surface area contributed by atoms with E-state index in [9.17, 15) is 9.59 Å². The first-order chi connectivity index (χ1) is 11.3. The Morgan fingerprint density at radius 3 is 2.62 bits per heavy atom. The number of rotatable bonds is 5. The fourth-order valence-corrected chi connectivity index (χ4v) is 2.86. The normalized spacial score (nSPS) is 10.5. The molecule has 0 aliphatic rings. The summed E-state index contributed by atoms with van der Waals surface area (Å²) in [7, 11) is 1.71. The third-order valence-electron chi connectivity index (χ3n) is 3.79. The fraction of sp³-hybridized carbons (Fsp3) is 0.333. The van der Waals surface area contributed by atoms with Crippen molar-refractivity contribution in [2.75, 3.05) is 13.7 Å². The molecule has 0 fully saturated rings. The van der Waals surface area contributed by atoms with Crippen LogP contribution >= 0.6 is 11.6 Å². The summed E-state index contributed by atoms with van der Waals surface area (Å²) in [6.07, 6.45) is 0. The Kier molecular flexibility index (Phi) is 5.67. The molecule has 0 spiro atoms. The van der Waals surface area contributed by atoms with E-state index in [1.165, 1.54) is 0 Å². The largest absolute Gasteiger partial charge is 0.462 e. The molecule has 1 heterocycles. The zero-order valence-electron chi connectivity index (χ0n) is 14.3. The van der Waals surface area contributed by atoms with Crippen LogP contribution < -0.4 is 0 Å². The van der Waals surface area contributed by atoms with Gasteiger partial charge < -0.3 is 14.6 Å². The van der Waals surface area contributed by atoms with Crippen molar-refractivity contribution in [3.8, 4) is 0 Å². The number of benzene rings is 1. The molecule has 0 radical (unpaired) electrons. The molecule has 1 amide bonds. The number of hydrogen-bond acceptors (Lipinski definition) is 3. The predicted molar refractivity (Wildman–Crippen MR) is 93.5 cm³/mol. The first kappa shape index (κ1) is 18.1. The standard InChI is InChI=1S/C18H21ClN2O3/c1-5-24-18(23)15-11(2)16(20-12(15)3)17(22)21(4)10-13-7-6-8-14(19)9-13/h6-9,20H,5,10H2,1-4H3. The third-order valence-corrected chi connectivity index (χ3v) is 4.02. The Hall–Kier alpha value is -2.27. The number of halogens is 1. The van der Waals surface area contributed by atoms with E-state index in [1.807, 2.05) is 18.2 Å². The maximum absolute atomic E-state index is 12.7. The second-order valence-corrected chi connectivity index (χ2v) is 6.07. The maximum atomic E-state index is 12.7. The van der Waals surface area contributed by atoms with E-state index in [2.05, 4.69) is 4.98 Å². The molecule has 0 saturated heterocycles. The average molecular weight is 349 g/mol. The Bertz CT molecular complexity index is 768. The summed E-state index contributed by atoms with van der Waals surface area (Å²) in [6.45, 7) is 5.97. The first-order valence-electron chi connectivity index (χ1n) is 7.71. The summed E-state index contributed by atoms with van der Waals surface area (Å²) in [5.41, 5.74) is 3.00. The van der Waals surface area contributed by atoms with E-state index >= 15 is 0 Å². The summed E-state index contributed by atoms with van der Waals surface area (Å²) in [6, 6.07) is 7.37. The highest BCUT2D eigenvalue weighted by Gasteiger charge is 2.24. The number of esters is 1. The smallest absolute Gasteiger partial charge is 0.340 e. The zero-order valence-corrected chi connectivity index (χ0v) is 15.0. The molecule has 0 aliphatic heterocycles. The molecule has 0 aliphatic carbocycles. The Balaban J connectivity index is 2.23. The van der Waals surface area contributed by atoms with Crippen LogP contribution in [0.3, 0.4) is 0 Å². The van der Waals surface area contributed by atoms with Crippen LogP contribution in [-0.2, 0) is 11.3 Å². The van der Waals surface area contributed by atoms with Crippen molar-refractivity contribution < 1.29 is 14.3 Å². The van der Waals surface area contributed by atoms with Gasteiger partial charge in [0.05, 0.1) is 12.2 Å². The summed E-state index contributed by atoms with van der Waals surface area (Å²) in [5.74, 6) is -0.605. The highest BCUT2D eigenvalue weighted by Crippen LogP contribution is 2.21. The van der Waals surface area contributed by atoms with Crippen LogP contribution in [0.15, 0.2) is 24.3 Å². The number of aryl methyl sites for hydroxylation is 1. The van der Waals surface area contributed by atoms with E-state index in [1.54, 1.807) is 38.8 Å². The van der Waals surface area contributed by atoms with Crippen LogP contribution in [0.25, 0.3) is 0 Å². The van der Waals surface area contributed by atoms with Gasteiger partial charge in [-0.05, 0) is 44.0 Å². The van der Waals surface area contributed by atoms with Gasteiger partial charge in [-0.1, -0.05) is 23.7 Å². The van der Waals surface area contributed by atoms with Gasteiger partial charge in [-0.25, -0.2) is 4.79 Å². The van der Waals surface area contributed by atoms with Crippen LogP contribution in [0.5, 0.6) is 0 Å². The number of aromatic nitrogens is 1. The molecule has 128 valence electrons. The van der Waals surface area contributed by atoms with E-state index in [-0.39, 0.29) is 5.91 Å². The van der Waals surface area contributed by atoms with Gasteiger partial charge in [-0.3, -0.25) is 4.79 Å². The van der Waals surface area contributed by atoms with Crippen LogP contribution in [0.1, 0.15) is 44.6 Å². The summed E-state index contributed by atoms with van der Waals surface area (Å²) in [5, 5.41) is 0.629. The van der Waals surface area contributed by atoms with Crippen molar-refractivity contribution in [2.24, 2.45) is 0 Å². The molecule has 2 rings (SSSR count). The quantitative estimate of drug-likeness (QED) is 0.837. The number of amides is 1. The van der Waals surface area contributed by atoms with Gasteiger partial charge in [0.2, 0.25) is 0 Å². The number of carbonyl (C=O) groups is 2. The van der Waals surface area contributed by atoms with Gasteiger partial charge in [0.1, 0.15) is 5.69 Å². The Morgan fingerprint density at radius 2 is 2.00 bits per heavy atom. The molecule has 6 heteroatoms. The first-order valence-corrected chi connectivity index (χ1v) is 8.09. The molecule has 0 unspecified atom stereocenters.